The molecule has 9 heteroatoms. The number of hydrogen-bond donors (Lipinski definition) is 1. The fourth-order valence-corrected chi connectivity index (χ4v) is 4.03. The number of aliphatic hydroxyl groups is 1. The summed E-state index contributed by atoms with van der Waals surface area (Å²) in [6, 6.07) is 0. The Morgan fingerprint density at radius 1 is 0.886 bits per heavy atom. The molecule has 8 nitrogen and oxygen atoms in total. The van der Waals surface area contributed by atoms with Gasteiger partial charge in [0, 0.05) is 6.42 Å². The summed E-state index contributed by atoms with van der Waals surface area (Å²) in [7, 11) is 1.24. The van der Waals surface area contributed by atoms with E-state index in [1.54, 1.807) is 0 Å². The van der Waals surface area contributed by atoms with Gasteiger partial charge in [-0.05, 0) is 32.1 Å². The normalized spacial score (nSPS) is 14.8. The maximum atomic E-state index is 11.8. The summed E-state index contributed by atoms with van der Waals surface area (Å²) in [6.07, 6.45) is 19.2. The Balaban J connectivity index is 3.60. The Morgan fingerprint density at radius 2 is 1.43 bits per heavy atom. The number of carbonyl (C=O) groups excluding carboxylic acids is 1. The number of carbonyl (C=O) groups is 1. The molecule has 35 heavy (non-hydrogen) atoms. The zero-order valence-electron chi connectivity index (χ0n) is 22.8. The molecule has 0 amide bonds. The monoisotopic (exact) mass is 521 g/mol. The predicted octanol–water partition coefficient (Wildman–Crippen LogP) is 5.14. The molecule has 0 fully saturated rings. The van der Waals surface area contributed by atoms with Gasteiger partial charge in [-0.2, -0.15) is 0 Å². The molecule has 2 atom stereocenters. The lowest BCUT2D eigenvalue weighted by Gasteiger charge is -2.27. The molecule has 0 aliphatic rings. The van der Waals surface area contributed by atoms with Crippen LogP contribution < -0.4 is 4.89 Å². The van der Waals surface area contributed by atoms with E-state index in [0.717, 1.165) is 32.1 Å². The number of esters is 1. The summed E-state index contributed by atoms with van der Waals surface area (Å²) in [5.41, 5.74) is 0. The van der Waals surface area contributed by atoms with Crippen molar-refractivity contribution in [3.05, 3.63) is 12.2 Å². The Kier molecular flexibility index (Phi) is 20.9. The van der Waals surface area contributed by atoms with E-state index in [-0.39, 0.29) is 19.6 Å². The van der Waals surface area contributed by atoms with Gasteiger partial charge < -0.3 is 28.3 Å². The zero-order valence-corrected chi connectivity index (χ0v) is 23.6. The van der Waals surface area contributed by atoms with Gasteiger partial charge in [0.2, 0.25) is 0 Å². The van der Waals surface area contributed by atoms with Crippen LogP contribution in [0.2, 0.25) is 0 Å². The van der Waals surface area contributed by atoms with Crippen LogP contribution in [-0.4, -0.2) is 69.2 Å². The number of phosphoric ester groups is 1. The highest BCUT2D eigenvalue weighted by Gasteiger charge is 2.16. The molecule has 0 radical (unpaired) electrons. The number of hydrogen-bond acceptors (Lipinski definition) is 7. The number of quaternary nitrogens is 1. The highest BCUT2D eigenvalue weighted by molar-refractivity contribution is 7.45. The van der Waals surface area contributed by atoms with Gasteiger partial charge in [-0.25, -0.2) is 0 Å². The Hall–Kier alpha value is -0.760. The number of rotatable bonds is 24. The fourth-order valence-electron chi connectivity index (χ4n) is 3.29. The van der Waals surface area contributed by atoms with Gasteiger partial charge in [-0.1, -0.05) is 70.4 Å². The standard InChI is InChI=1S/C26H52NO7P/c1-5-6-7-8-9-10-11-12-13-14-15-16-17-18-19-20-26(29)32-23-25(28)24-34-35(30,31)33-22-21-27(2,3)4/h14-15,25,28H,5-13,16-24H2,1-4H3/b15-14+/t25-/m1/s1. The van der Waals surface area contributed by atoms with Crippen LogP contribution >= 0.6 is 7.82 Å². The largest absolute Gasteiger partial charge is 0.756 e. The van der Waals surface area contributed by atoms with E-state index >= 15 is 0 Å². The third-order valence-corrected chi connectivity index (χ3v) is 6.48. The second-order valence-corrected chi connectivity index (χ2v) is 11.7. The first-order valence-corrected chi connectivity index (χ1v) is 14.9. The van der Waals surface area contributed by atoms with Crippen LogP contribution in [0.15, 0.2) is 12.2 Å². The number of ether oxygens (including phenoxy) is 1. The molecular formula is C26H52NO7P. The number of aliphatic hydroxyl groups excluding tert-OH is 1. The molecule has 208 valence electrons. The molecule has 0 aliphatic heterocycles. The van der Waals surface area contributed by atoms with E-state index in [2.05, 4.69) is 23.6 Å². The lowest BCUT2D eigenvalue weighted by atomic mass is 10.1. The molecule has 0 saturated carbocycles. The van der Waals surface area contributed by atoms with Crippen LogP contribution in [-0.2, 0) is 23.1 Å². The lowest BCUT2D eigenvalue weighted by molar-refractivity contribution is -0.870. The van der Waals surface area contributed by atoms with Crippen molar-refractivity contribution in [1.82, 2.24) is 0 Å². The van der Waals surface area contributed by atoms with Crippen molar-refractivity contribution in [1.29, 1.82) is 0 Å². The summed E-state index contributed by atoms with van der Waals surface area (Å²) < 4.78 is 26.6. The maximum Gasteiger partial charge on any atom is 0.305 e. The van der Waals surface area contributed by atoms with Crippen LogP contribution in [0.25, 0.3) is 0 Å². The summed E-state index contributed by atoms with van der Waals surface area (Å²) in [5, 5.41) is 9.79. The Morgan fingerprint density at radius 3 is 2.00 bits per heavy atom. The van der Waals surface area contributed by atoms with Crippen molar-refractivity contribution in [3.63, 3.8) is 0 Å². The average molecular weight is 522 g/mol. The minimum absolute atomic E-state index is 0.00952. The van der Waals surface area contributed by atoms with Gasteiger partial charge >= 0.3 is 5.97 Å². The smallest absolute Gasteiger partial charge is 0.305 e. The van der Waals surface area contributed by atoms with Gasteiger partial charge in [0.1, 0.15) is 25.9 Å². The maximum absolute atomic E-state index is 11.8. The van der Waals surface area contributed by atoms with Gasteiger partial charge in [0.05, 0.1) is 27.7 Å². The van der Waals surface area contributed by atoms with Crippen molar-refractivity contribution >= 4 is 13.8 Å². The van der Waals surface area contributed by atoms with E-state index in [0.29, 0.717) is 11.0 Å². The number of nitrogens with zero attached hydrogens (tertiary/aromatic N) is 1. The van der Waals surface area contributed by atoms with E-state index in [9.17, 15) is 19.4 Å². The molecule has 0 aromatic carbocycles. The van der Waals surface area contributed by atoms with Crippen molar-refractivity contribution in [2.45, 2.75) is 103 Å². The zero-order chi connectivity index (χ0) is 26.4. The molecule has 0 aliphatic carbocycles. The summed E-state index contributed by atoms with van der Waals surface area (Å²) in [5.74, 6) is -0.404. The first-order chi connectivity index (χ1) is 16.6. The van der Waals surface area contributed by atoms with Gasteiger partial charge in [0.25, 0.3) is 7.82 Å². The second kappa shape index (κ2) is 21.3. The molecule has 0 rings (SSSR count). The highest BCUT2D eigenvalue weighted by Crippen LogP contribution is 2.38. The molecule has 0 saturated heterocycles. The van der Waals surface area contributed by atoms with Crippen LogP contribution in [0.1, 0.15) is 96.8 Å². The number of allylic oxidation sites excluding steroid dienone is 2. The summed E-state index contributed by atoms with van der Waals surface area (Å²) in [4.78, 5) is 23.5. The van der Waals surface area contributed by atoms with Crippen LogP contribution in [0.4, 0.5) is 0 Å². The first-order valence-electron chi connectivity index (χ1n) is 13.4. The van der Waals surface area contributed by atoms with E-state index in [4.69, 9.17) is 9.26 Å². The summed E-state index contributed by atoms with van der Waals surface area (Å²) >= 11 is 0. The molecule has 0 spiro atoms. The van der Waals surface area contributed by atoms with Crippen molar-refractivity contribution in [3.8, 4) is 0 Å². The molecule has 1 unspecified atom stereocenters. The van der Waals surface area contributed by atoms with Gasteiger partial charge in [-0.15, -0.1) is 0 Å². The predicted molar refractivity (Wildman–Crippen MR) is 139 cm³/mol. The number of unbranched alkanes of at least 4 members (excludes halogenated alkanes) is 11. The second-order valence-electron chi connectivity index (χ2n) is 10.3. The van der Waals surface area contributed by atoms with Crippen LogP contribution in [0, 0.1) is 0 Å². The Bertz CT molecular complexity index is 593. The molecule has 0 aromatic heterocycles. The van der Waals surface area contributed by atoms with Crippen molar-refractivity contribution in [2.24, 2.45) is 0 Å². The van der Waals surface area contributed by atoms with Crippen LogP contribution in [0.5, 0.6) is 0 Å². The molecular weight excluding hydrogens is 469 g/mol. The van der Waals surface area contributed by atoms with E-state index in [1.807, 2.05) is 21.1 Å². The molecule has 0 heterocycles. The topological polar surface area (TPSA) is 105 Å². The van der Waals surface area contributed by atoms with Crippen molar-refractivity contribution < 1.29 is 37.6 Å². The minimum atomic E-state index is -4.49. The molecule has 1 N–H and O–H groups in total. The quantitative estimate of drug-likeness (QED) is 0.0617. The SMILES string of the molecule is CCCCCCCCCC/C=C/CCCCCC(=O)OC[C@@H](O)COP(=O)([O-])OCC[N+](C)(C)C. The molecule has 0 aromatic rings. The Labute approximate surface area is 214 Å². The average Bonchev–Trinajstić information content (AvgIpc) is 2.78. The number of phosphoric acid groups is 1. The van der Waals surface area contributed by atoms with Crippen molar-refractivity contribution in [2.75, 3.05) is 47.5 Å². The first kappa shape index (κ1) is 34.2. The van der Waals surface area contributed by atoms with Crippen LogP contribution in [0.3, 0.4) is 0 Å². The molecule has 0 bridgehead atoms. The fraction of sp³-hybridized carbons (Fsp3) is 0.885. The number of likely N-dealkylation sites (N-methyl/N-ethyl adjacent to an activating group) is 1. The van der Waals surface area contributed by atoms with Gasteiger partial charge in [0.15, 0.2) is 0 Å². The highest BCUT2D eigenvalue weighted by atomic mass is 31.2. The summed E-state index contributed by atoms with van der Waals surface area (Å²) in [6.45, 7) is 1.91. The third-order valence-electron chi connectivity index (χ3n) is 5.52. The minimum Gasteiger partial charge on any atom is -0.756 e. The van der Waals surface area contributed by atoms with E-state index < -0.39 is 26.5 Å². The third kappa shape index (κ3) is 26.1. The lowest BCUT2D eigenvalue weighted by Crippen LogP contribution is -2.37. The van der Waals surface area contributed by atoms with Gasteiger partial charge in [-0.3, -0.25) is 9.36 Å². The van der Waals surface area contributed by atoms with E-state index in [1.165, 1.54) is 51.4 Å².